The number of likely N-dealkylation sites (N-methyl/N-ethyl adjacent to an activating group) is 1. The Balaban J connectivity index is 0.00000200. The number of hydrogen-bond acceptors (Lipinski definition) is 3. The number of benzene rings is 1. The molecule has 1 N–H and O–H groups in total. The largest absolute Gasteiger partial charge is 0.492 e. The van der Waals surface area contributed by atoms with Crippen molar-refractivity contribution in [2.24, 2.45) is 0 Å². The van der Waals surface area contributed by atoms with Gasteiger partial charge < -0.3 is 10.1 Å². The van der Waals surface area contributed by atoms with Gasteiger partial charge in [-0.05, 0) is 31.3 Å². The Morgan fingerprint density at radius 1 is 1.25 bits per heavy atom. The van der Waals surface area contributed by atoms with E-state index in [2.05, 4.69) is 10.2 Å². The highest BCUT2D eigenvalue weighted by molar-refractivity contribution is 5.85. The van der Waals surface area contributed by atoms with Gasteiger partial charge in [-0.1, -0.05) is 0 Å². The summed E-state index contributed by atoms with van der Waals surface area (Å²) in [7, 11) is 2.02. The Morgan fingerprint density at radius 3 is 2.30 bits per heavy atom. The summed E-state index contributed by atoms with van der Waals surface area (Å²) in [4.78, 5) is 2.18. The van der Waals surface area contributed by atoms with E-state index in [9.17, 15) is 13.2 Å². The van der Waals surface area contributed by atoms with Crippen LogP contribution < -0.4 is 10.1 Å². The third-order valence-corrected chi connectivity index (χ3v) is 3.28. The molecular weight excluding hydrogens is 293 g/mol. The second-order valence-corrected chi connectivity index (χ2v) is 4.66. The second-order valence-electron chi connectivity index (χ2n) is 4.66. The molecule has 7 heteroatoms. The smallest absolute Gasteiger partial charge is 0.416 e. The van der Waals surface area contributed by atoms with Crippen molar-refractivity contribution >= 4 is 12.4 Å². The topological polar surface area (TPSA) is 24.5 Å². The van der Waals surface area contributed by atoms with Crippen LogP contribution in [0.3, 0.4) is 0 Å². The summed E-state index contributed by atoms with van der Waals surface area (Å²) in [5.41, 5.74) is -0.655. The van der Waals surface area contributed by atoms with E-state index < -0.39 is 11.7 Å². The fourth-order valence-electron chi connectivity index (χ4n) is 1.82. The molecular formula is C13H18ClF3N2O. The average molecular weight is 311 g/mol. The maximum Gasteiger partial charge on any atom is 0.416 e. The molecule has 0 aromatic heterocycles. The third-order valence-electron chi connectivity index (χ3n) is 3.28. The highest BCUT2D eigenvalue weighted by Crippen LogP contribution is 2.30. The van der Waals surface area contributed by atoms with Gasteiger partial charge in [0.2, 0.25) is 0 Å². The van der Waals surface area contributed by atoms with E-state index in [4.69, 9.17) is 4.74 Å². The van der Waals surface area contributed by atoms with Crippen molar-refractivity contribution in [1.82, 2.24) is 10.2 Å². The van der Waals surface area contributed by atoms with E-state index >= 15 is 0 Å². The van der Waals surface area contributed by atoms with Crippen LogP contribution in [0.4, 0.5) is 13.2 Å². The van der Waals surface area contributed by atoms with Gasteiger partial charge in [0.1, 0.15) is 12.4 Å². The molecule has 0 unspecified atom stereocenters. The standard InChI is InChI=1S/C13H17F3N2O.ClH/c1-18(11-8-17-9-11)6-7-19-12-4-2-10(3-5-12)13(14,15)16;/h2-5,11,17H,6-9H2,1H3;1H. The summed E-state index contributed by atoms with van der Waals surface area (Å²) in [6.07, 6.45) is -4.30. The molecule has 1 heterocycles. The molecule has 114 valence electrons. The normalized spacial score (nSPS) is 15.7. The zero-order valence-electron chi connectivity index (χ0n) is 11.1. The number of rotatable bonds is 5. The lowest BCUT2D eigenvalue weighted by Crippen LogP contribution is -2.56. The van der Waals surface area contributed by atoms with Crippen molar-refractivity contribution in [3.05, 3.63) is 29.8 Å². The Kier molecular flexibility index (Phi) is 6.10. The summed E-state index contributed by atoms with van der Waals surface area (Å²) in [6.45, 7) is 3.19. The van der Waals surface area contributed by atoms with Gasteiger partial charge in [0.05, 0.1) is 5.56 Å². The molecule has 1 saturated heterocycles. The maximum atomic E-state index is 12.4. The van der Waals surface area contributed by atoms with Gasteiger partial charge in [-0.25, -0.2) is 0 Å². The minimum atomic E-state index is -4.30. The van der Waals surface area contributed by atoms with Crippen LogP contribution in [0.5, 0.6) is 5.75 Å². The van der Waals surface area contributed by atoms with Gasteiger partial charge in [0.25, 0.3) is 0 Å². The highest BCUT2D eigenvalue weighted by atomic mass is 35.5. The average Bonchev–Trinajstić information content (AvgIpc) is 2.26. The van der Waals surface area contributed by atoms with Gasteiger partial charge in [-0.2, -0.15) is 13.2 Å². The molecule has 0 atom stereocenters. The zero-order chi connectivity index (χ0) is 13.9. The predicted octanol–water partition coefficient (Wildman–Crippen LogP) is 2.41. The van der Waals surface area contributed by atoms with Crippen molar-refractivity contribution in [2.75, 3.05) is 33.3 Å². The van der Waals surface area contributed by atoms with E-state index in [1.807, 2.05) is 7.05 Å². The molecule has 1 aliphatic rings. The predicted molar refractivity (Wildman–Crippen MR) is 73.5 cm³/mol. The van der Waals surface area contributed by atoms with Crippen LogP contribution in [-0.4, -0.2) is 44.2 Å². The Bertz CT molecular complexity index is 407. The fourth-order valence-corrected chi connectivity index (χ4v) is 1.82. The first kappa shape index (κ1) is 17.1. The van der Waals surface area contributed by atoms with Crippen molar-refractivity contribution in [3.63, 3.8) is 0 Å². The molecule has 1 fully saturated rings. The zero-order valence-corrected chi connectivity index (χ0v) is 11.9. The molecule has 0 spiro atoms. The Labute approximate surface area is 122 Å². The third kappa shape index (κ3) is 4.54. The minimum Gasteiger partial charge on any atom is -0.492 e. The van der Waals surface area contributed by atoms with Crippen LogP contribution in [0.1, 0.15) is 5.56 Å². The molecule has 20 heavy (non-hydrogen) atoms. The van der Waals surface area contributed by atoms with E-state index in [0.717, 1.165) is 31.8 Å². The molecule has 0 radical (unpaired) electrons. The van der Waals surface area contributed by atoms with E-state index in [1.165, 1.54) is 12.1 Å². The molecule has 3 nitrogen and oxygen atoms in total. The summed E-state index contributed by atoms with van der Waals surface area (Å²) >= 11 is 0. The van der Waals surface area contributed by atoms with Gasteiger partial charge in [-0.3, -0.25) is 4.90 Å². The van der Waals surface area contributed by atoms with E-state index in [0.29, 0.717) is 18.4 Å². The maximum absolute atomic E-state index is 12.4. The van der Waals surface area contributed by atoms with Crippen LogP contribution >= 0.6 is 12.4 Å². The molecule has 0 saturated carbocycles. The van der Waals surface area contributed by atoms with Crippen LogP contribution in [0.2, 0.25) is 0 Å². The first-order chi connectivity index (χ1) is 8.97. The molecule has 1 aromatic rings. The van der Waals surface area contributed by atoms with Gasteiger partial charge in [0.15, 0.2) is 0 Å². The van der Waals surface area contributed by atoms with Crippen LogP contribution in [0.15, 0.2) is 24.3 Å². The molecule has 1 aromatic carbocycles. The molecule has 0 aliphatic carbocycles. The SMILES string of the molecule is CN(CCOc1ccc(C(F)(F)F)cc1)C1CNC1.Cl. The Morgan fingerprint density at radius 2 is 1.85 bits per heavy atom. The number of alkyl halides is 3. The number of halogens is 4. The minimum absolute atomic E-state index is 0. The molecule has 0 bridgehead atoms. The first-order valence-electron chi connectivity index (χ1n) is 6.18. The van der Waals surface area contributed by atoms with Gasteiger partial charge in [-0.15, -0.1) is 12.4 Å². The van der Waals surface area contributed by atoms with Gasteiger partial charge in [0, 0.05) is 25.7 Å². The van der Waals surface area contributed by atoms with Crippen LogP contribution in [0.25, 0.3) is 0 Å². The van der Waals surface area contributed by atoms with Crippen molar-refractivity contribution < 1.29 is 17.9 Å². The number of nitrogens with zero attached hydrogens (tertiary/aromatic N) is 1. The van der Waals surface area contributed by atoms with E-state index in [-0.39, 0.29) is 12.4 Å². The summed E-state index contributed by atoms with van der Waals surface area (Å²) < 4.78 is 42.5. The summed E-state index contributed by atoms with van der Waals surface area (Å²) in [5, 5.41) is 3.18. The van der Waals surface area contributed by atoms with Crippen molar-refractivity contribution in [2.45, 2.75) is 12.2 Å². The van der Waals surface area contributed by atoms with Gasteiger partial charge >= 0.3 is 6.18 Å². The second kappa shape index (κ2) is 7.15. The fraction of sp³-hybridized carbons (Fsp3) is 0.538. The van der Waals surface area contributed by atoms with Crippen molar-refractivity contribution in [3.8, 4) is 5.75 Å². The summed E-state index contributed by atoms with van der Waals surface area (Å²) in [5.74, 6) is 0.466. The lowest BCUT2D eigenvalue weighted by Gasteiger charge is -2.35. The molecule has 0 amide bonds. The number of hydrogen-bond donors (Lipinski definition) is 1. The highest BCUT2D eigenvalue weighted by Gasteiger charge is 2.30. The van der Waals surface area contributed by atoms with Crippen LogP contribution in [-0.2, 0) is 6.18 Å². The molecule has 1 aliphatic heterocycles. The Hall–Kier alpha value is -0.980. The quantitative estimate of drug-likeness (QED) is 0.904. The van der Waals surface area contributed by atoms with Crippen molar-refractivity contribution in [1.29, 1.82) is 0 Å². The number of nitrogens with one attached hydrogen (secondary N) is 1. The monoisotopic (exact) mass is 310 g/mol. The lowest BCUT2D eigenvalue weighted by atomic mass is 10.1. The lowest BCUT2D eigenvalue weighted by molar-refractivity contribution is -0.137. The summed E-state index contributed by atoms with van der Waals surface area (Å²) in [6, 6.07) is 5.32. The first-order valence-corrected chi connectivity index (χ1v) is 6.18. The number of ether oxygens (including phenoxy) is 1. The molecule has 2 rings (SSSR count). The van der Waals surface area contributed by atoms with Crippen LogP contribution in [0, 0.1) is 0 Å². The van der Waals surface area contributed by atoms with E-state index in [1.54, 1.807) is 0 Å².